The first-order valence-electron chi connectivity index (χ1n) is 17.0. The minimum Gasteiger partial charge on any atom is -0.486 e. The normalized spacial score (nSPS) is 12.7. The second-order valence-corrected chi connectivity index (χ2v) is 15.2. The van der Waals surface area contributed by atoms with Gasteiger partial charge in [-0.3, -0.25) is 0 Å². The number of thiazole rings is 2. The van der Waals surface area contributed by atoms with Gasteiger partial charge in [-0.25, -0.2) is 19.6 Å². The van der Waals surface area contributed by atoms with Gasteiger partial charge in [0.15, 0.2) is 23.0 Å². The van der Waals surface area contributed by atoms with Gasteiger partial charge in [0.25, 0.3) is 0 Å². The summed E-state index contributed by atoms with van der Waals surface area (Å²) in [4.78, 5) is 35.5. The minimum absolute atomic E-state index is 0.308. The number of aromatic nitrogens is 2. The molecule has 0 saturated carbocycles. The molecule has 6 aromatic rings. The molecular formula is C40H32Br2N2O8S2. The molecule has 2 aromatic heterocycles. The summed E-state index contributed by atoms with van der Waals surface area (Å²) in [5.74, 6) is 1.92. The van der Waals surface area contributed by atoms with Crippen molar-refractivity contribution >= 4 is 66.5 Å². The predicted octanol–water partition coefficient (Wildman–Crippen LogP) is 10.4. The van der Waals surface area contributed by atoms with Gasteiger partial charge in [0.1, 0.15) is 26.4 Å². The van der Waals surface area contributed by atoms with Crippen molar-refractivity contribution in [2.45, 2.75) is 13.8 Å². The Kier molecular flexibility index (Phi) is 11.9. The van der Waals surface area contributed by atoms with E-state index in [4.69, 9.17) is 28.4 Å². The van der Waals surface area contributed by atoms with E-state index < -0.39 is 11.9 Å². The zero-order valence-corrected chi connectivity index (χ0v) is 33.9. The highest BCUT2D eigenvalue weighted by Crippen LogP contribution is 2.46. The number of hydrogen-bond acceptors (Lipinski definition) is 12. The zero-order valence-electron chi connectivity index (χ0n) is 29.1. The first-order valence-corrected chi connectivity index (χ1v) is 20.2. The number of esters is 2. The van der Waals surface area contributed by atoms with Crippen molar-refractivity contribution in [3.05, 3.63) is 104 Å². The van der Waals surface area contributed by atoms with Gasteiger partial charge in [-0.1, -0.05) is 60.7 Å². The number of carbonyl (C=O) groups excluding carboxylic acids is 2. The number of benzene rings is 4. The smallest absolute Gasteiger partial charge is 0.367 e. The van der Waals surface area contributed by atoms with Crippen molar-refractivity contribution in [1.29, 1.82) is 0 Å². The van der Waals surface area contributed by atoms with Crippen LogP contribution in [-0.4, -0.2) is 61.5 Å². The topological polar surface area (TPSA) is 115 Å². The molecule has 2 aliphatic rings. The van der Waals surface area contributed by atoms with E-state index >= 15 is 0 Å². The summed E-state index contributed by atoms with van der Waals surface area (Å²) in [6.45, 7) is 6.24. The molecule has 0 unspecified atom stereocenters. The van der Waals surface area contributed by atoms with Crippen molar-refractivity contribution in [2.75, 3.05) is 39.6 Å². The highest BCUT2D eigenvalue weighted by Gasteiger charge is 2.26. The molecule has 0 bridgehead atoms. The van der Waals surface area contributed by atoms with Gasteiger partial charge in [0.05, 0.1) is 34.4 Å². The van der Waals surface area contributed by atoms with Gasteiger partial charge in [-0.15, -0.1) is 22.7 Å². The fraction of sp³-hybridized carbons (Fsp3) is 0.200. The van der Waals surface area contributed by atoms with E-state index in [2.05, 4.69) is 41.8 Å². The van der Waals surface area contributed by atoms with Crippen LogP contribution in [-0.2, 0) is 9.47 Å². The van der Waals surface area contributed by atoms with Crippen LogP contribution in [0.3, 0.4) is 0 Å². The first-order chi connectivity index (χ1) is 26.3. The number of nitrogens with zero attached hydrogens (tertiary/aromatic N) is 2. The fourth-order valence-electron chi connectivity index (χ4n) is 5.63. The van der Waals surface area contributed by atoms with Crippen molar-refractivity contribution in [2.24, 2.45) is 0 Å². The van der Waals surface area contributed by atoms with Gasteiger partial charge in [0, 0.05) is 25.6 Å². The van der Waals surface area contributed by atoms with E-state index in [0.29, 0.717) is 78.3 Å². The fourth-order valence-corrected chi connectivity index (χ4v) is 8.78. The van der Waals surface area contributed by atoms with Crippen LogP contribution < -0.4 is 18.9 Å². The highest BCUT2D eigenvalue weighted by molar-refractivity contribution is 9.11. The molecule has 14 heteroatoms. The highest BCUT2D eigenvalue weighted by atomic mass is 79.9. The Hall–Kier alpha value is -4.76. The monoisotopic (exact) mass is 890 g/mol. The van der Waals surface area contributed by atoms with Gasteiger partial charge in [-0.05, 0) is 75.5 Å². The Balaban J connectivity index is 0.000000167. The quantitative estimate of drug-likeness (QED) is 0.137. The molecule has 2 aliphatic heterocycles. The van der Waals surface area contributed by atoms with E-state index in [1.54, 1.807) is 13.8 Å². The average Bonchev–Trinajstić information content (AvgIpc) is 3.85. The summed E-state index contributed by atoms with van der Waals surface area (Å²) >= 11 is 9.86. The number of rotatable bonds is 8. The second kappa shape index (κ2) is 17.1. The molecule has 0 N–H and O–H groups in total. The van der Waals surface area contributed by atoms with Crippen LogP contribution in [0.15, 0.2) is 93.9 Å². The molecule has 0 amide bonds. The summed E-state index contributed by atoms with van der Waals surface area (Å²) in [7, 11) is 0. The molecule has 0 spiro atoms. The van der Waals surface area contributed by atoms with Crippen LogP contribution in [0.4, 0.5) is 0 Å². The molecule has 8 rings (SSSR count). The van der Waals surface area contributed by atoms with Crippen LogP contribution in [0, 0.1) is 0 Å². The van der Waals surface area contributed by atoms with Crippen molar-refractivity contribution in [3.8, 4) is 66.4 Å². The van der Waals surface area contributed by atoms with Gasteiger partial charge in [-0.2, -0.15) is 0 Å². The molecule has 0 saturated heterocycles. The SMILES string of the molecule is CCOC(=O)c1nc(-c2cc3c(cc2Br)OCCO3)c(-c2ccccc2)s1.CCOC(=O)c1nc(-c2ccccc2)c(-c2cc3c(cc2Br)OCCO3)s1. The Bertz CT molecular complexity index is 2140. The molecule has 276 valence electrons. The second-order valence-electron chi connectivity index (χ2n) is 11.5. The molecule has 0 fully saturated rings. The number of hydrogen-bond donors (Lipinski definition) is 0. The van der Waals surface area contributed by atoms with E-state index in [9.17, 15) is 9.59 Å². The lowest BCUT2D eigenvalue weighted by Crippen LogP contribution is -2.15. The van der Waals surface area contributed by atoms with E-state index in [-0.39, 0.29) is 0 Å². The van der Waals surface area contributed by atoms with Crippen molar-refractivity contribution < 1.29 is 38.0 Å². The molecule has 4 heterocycles. The zero-order chi connectivity index (χ0) is 37.6. The third kappa shape index (κ3) is 8.16. The Morgan fingerprint density at radius 1 is 0.593 bits per heavy atom. The van der Waals surface area contributed by atoms with Gasteiger partial charge in [0.2, 0.25) is 10.0 Å². The Morgan fingerprint density at radius 2 is 1.02 bits per heavy atom. The molecule has 0 radical (unpaired) electrons. The average molecular weight is 893 g/mol. The summed E-state index contributed by atoms with van der Waals surface area (Å²) in [5.41, 5.74) is 5.10. The van der Waals surface area contributed by atoms with Crippen molar-refractivity contribution in [1.82, 2.24) is 9.97 Å². The summed E-state index contributed by atoms with van der Waals surface area (Å²) in [6, 6.07) is 27.2. The predicted molar refractivity (Wildman–Crippen MR) is 215 cm³/mol. The molecule has 0 aliphatic carbocycles. The Labute approximate surface area is 336 Å². The van der Waals surface area contributed by atoms with Crippen molar-refractivity contribution in [3.63, 3.8) is 0 Å². The Morgan fingerprint density at radius 3 is 1.54 bits per heavy atom. The lowest BCUT2D eigenvalue weighted by atomic mass is 10.1. The van der Waals surface area contributed by atoms with E-state index in [1.165, 1.54) is 22.7 Å². The van der Waals surface area contributed by atoms with Gasteiger partial charge >= 0.3 is 11.9 Å². The number of carbonyl (C=O) groups is 2. The molecule has 4 aromatic carbocycles. The maximum Gasteiger partial charge on any atom is 0.367 e. The standard InChI is InChI=1S/2C20H16BrNO4S/c1-2-24-20(23)19-22-17(18(27-19)12-6-4-3-5-7-12)13-10-15-16(11-14(13)21)26-9-8-25-15;1-2-24-20(23)19-22-17(12-6-4-3-5-7-12)18(27-19)13-10-15-16(11-14(13)21)26-9-8-25-15/h2*3-7,10-11H,2,8-9H2,1H3. The van der Waals surface area contributed by atoms with Crippen LogP contribution in [0.2, 0.25) is 0 Å². The summed E-state index contributed by atoms with van der Waals surface area (Å²) in [6.07, 6.45) is 0. The minimum atomic E-state index is -0.417. The van der Waals surface area contributed by atoms with Crippen LogP contribution in [0.25, 0.3) is 43.4 Å². The third-order valence-electron chi connectivity index (χ3n) is 8.00. The first kappa shape index (κ1) is 37.6. The van der Waals surface area contributed by atoms with Crippen LogP contribution in [0.1, 0.15) is 33.5 Å². The third-order valence-corrected chi connectivity index (χ3v) is 11.5. The van der Waals surface area contributed by atoms with E-state index in [1.807, 2.05) is 84.9 Å². The maximum atomic E-state index is 12.3. The summed E-state index contributed by atoms with van der Waals surface area (Å²) < 4.78 is 34.7. The molecule has 0 atom stereocenters. The van der Waals surface area contributed by atoms with Gasteiger partial charge < -0.3 is 28.4 Å². The molecule has 54 heavy (non-hydrogen) atoms. The lowest BCUT2D eigenvalue weighted by molar-refractivity contribution is 0.0516. The largest absolute Gasteiger partial charge is 0.486 e. The van der Waals surface area contributed by atoms with E-state index in [0.717, 1.165) is 46.6 Å². The van der Waals surface area contributed by atoms with Crippen LogP contribution >= 0.6 is 54.5 Å². The van der Waals surface area contributed by atoms with Crippen LogP contribution in [0.5, 0.6) is 23.0 Å². The summed E-state index contributed by atoms with van der Waals surface area (Å²) in [5, 5.41) is 0.653. The number of fused-ring (bicyclic) bond motifs is 2. The molecular weight excluding hydrogens is 860 g/mol. The number of halogens is 2. The molecule has 10 nitrogen and oxygen atoms in total. The lowest BCUT2D eigenvalue weighted by Gasteiger charge is -2.19. The maximum absolute atomic E-state index is 12.3. The number of ether oxygens (including phenoxy) is 6.